The lowest BCUT2D eigenvalue weighted by atomic mass is 9.97. The second-order valence-electron chi connectivity index (χ2n) is 7.51. The van der Waals surface area contributed by atoms with Crippen molar-refractivity contribution < 1.29 is 14.0 Å². The Morgan fingerprint density at radius 1 is 1.23 bits per heavy atom. The van der Waals surface area contributed by atoms with Gasteiger partial charge in [0.05, 0.1) is 34.6 Å². The fraction of sp³-hybridized carbons (Fsp3) is 0.273. The Kier molecular flexibility index (Phi) is 5.31. The number of fused-ring (bicyclic) bond motifs is 1. The fourth-order valence-corrected chi connectivity index (χ4v) is 3.73. The molecule has 1 aliphatic heterocycles. The molecule has 1 saturated heterocycles. The number of carbonyl (C=O) groups excluding carboxylic acids is 2. The van der Waals surface area contributed by atoms with Crippen LogP contribution < -0.4 is 16.0 Å². The van der Waals surface area contributed by atoms with E-state index in [-0.39, 0.29) is 23.5 Å². The number of aromatic nitrogens is 2. The lowest BCUT2D eigenvalue weighted by Crippen LogP contribution is -2.41. The van der Waals surface area contributed by atoms with Crippen LogP contribution in [0.15, 0.2) is 42.6 Å². The zero-order chi connectivity index (χ0) is 21.3. The summed E-state index contributed by atoms with van der Waals surface area (Å²) in [5, 5.41) is 3.51. The van der Waals surface area contributed by atoms with Crippen molar-refractivity contribution in [1.82, 2.24) is 9.97 Å². The van der Waals surface area contributed by atoms with Crippen LogP contribution in [0.3, 0.4) is 0 Å². The number of nitrogens with one attached hydrogen (secondary N) is 1. The largest absolute Gasteiger partial charge is 0.369 e. The maximum absolute atomic E-state index is 13.4. The van der Waals surface area contributed by atoms with Gasteiger partial charge in [0.2, 0.25) is 5.91 Å². The van der Waals surface area contributed by atoms with E-state index >= 15 is 0 Å². The van der Waals surface area contributed by atoms with Gasteiger partial charge in [-0.3, -0.25) is 14.6 Å². The Labute approximate surface area is 173 Å². The molecule has 30 heavy (non-hydrogen) atoms. The molecule has 0 radical (unpaired) electrons. The van der Waals surface area contributed by atoms with Crippen LogP contribution in [0, 0.1) is 18.7 Å². The highest BCUT2D eigenvalue weighted by Crippen LogP contribution is 2.23. The predicted molar refractivity (Wildman–Crippen MR) is 113 cm³/mol. The third-order valence-electron chi connectivity index (χ3n) is 5.37. The molecule has 1 atom stereocenters. The van der Waals surface area contributed by atoms with Crippen LogP contribution in [0.1, 0.15) is 28.9 Å². The average molecular weight is 407 g/mol. The van der Waals surface area contributed by atoms with Crippen LogP contribution in [0.4, 0.5) is 15.9 Å². The summed E-state index contributed by atoms with van der Waals surface area (Å²) < 4.78 is 13.4. The molecule has 0 spiro atoms. The normalized spacial score (nSPS) is 16.5. The van der Waals surface area contributed by atoms with Gasteiger partial charge in [0.25, 0.3) is 5.91 Å². The molecular formula is C22H22FN5O2. The van der Waals surface area contributed by atoms with Gasteiger partial charge in [-0.15, -0.1) is 0 Å². The zero-order valence-electron chi connectivity index (χ0n) is 16.6. The molecule has 0 aliphatic carbocycles. The summed E-state index contributed by atoms with van der Waals surface area (Å²) in [7, 11) is 0. The summed E-state index contributed by atoms with van der Waals surface area (Å²) in [5.41, 5.74) is 7.42. The number of primary amides is 1. The second-order valence-corrected chi connectivity index (χ2v) is 7.51. The lowest BCUT2D eigenvalue weighted by Gasteiger charge is -2.32. The highest BCUT2D eigenvalue weighted by molar-refractivity contribution is 6.06. The number of rotatable bonds is 4. The molecule has 3 heterocycles. The Morgan fingerprint density at radius 2 is 2.07 bits per heavy atom. The van der Waals surface area contributed by atoms with E-state index in [0.29, 0.717) is 34.4 Å². The summed E-state index contributed by atoms with van der Waals surface area (Å²) in [6.07, 6.45) is 3.26. The summed E-state index contributed by atoms with van der Waals surface area (Å²) in [6.45, 7) is 3.08. The maximum atomic E-state index is 13.4. The molecule has 3 N–H and O–H groups in total. The topological polar surface area (TPSA) is 101 Å². The molecule has 0 saturated carbocycles. The Hall–Kier alpha value is -3.55. The lowest BCUT2D eigenvalue weighted by molar-refractivity contribution is -0.122. The smallest absolute Gasteiger partial charge is 0.257 e. The molecule has 7 nitrogen and oxygen atoms in total. The zero-order valence-corrected chi connectivity index (χ0v) is 16.6. The molecular weight excluding hydrogens is 385 g/mol. The second kappa shape index (κ2) is 8.06. The van der Waals surface area contributed by atoms with Gasteiger partial charge in [0.1, 0.15) is 11.6 Å². The molecule has 2 amide bonds. The van der Waals surface area contributed by atoms with Crippen molar-refractivity contribution in [2.75, 3.05) is 23.3 Å². The molecule has 8 heteroatoms. The van der Waals surface area contributed by atoms with E-state index in [1.54, 1.807) is 31.3 Å². The van der Waals surface area contributed by atoms with E-state index < -0.39 is 0 Å². The summed E-state index contributed by atoms with van der Waals surface area (Å²) in [6, 6.07) is 9.57. The van der Waals surface area contributed by atoms with Crippen molar-refractivity contribution in [3.8, 4) is 0 Å². The van der Waals surface area contributed by atoms with Crippen molar-refractivity contribution >= 4 is 34.2 Å². The van der Waals surface area contributed by atoms with E-state index in [4.69, 9.17) is 5.73 Å². The number of pyridine rings is 2. The number of benzene rings is 1. The number of carbonyl (C=O) groups is 2. The minimum absolute atomic E-state index is 0.170. The van der Waals surface area contributed by atoms with Gasteiger partial charge < -0.3 is 16.0 Å². The number of hydrogen-bond donors (Lipinski definition) is 2. The quantitative estimate of drug-likeness (QED) is 0.692. The van der Waals surface area contributed by atoms with Crippen molar-refractivity contribution in [3.05, 3.63) is 59.7 Å². The third kappa shape index (κ3) is 4.07. The summed E-state index contributed by atoms with van der Waals surface area (Å²) >= 11 is 0. The van der Waals surface area contributed by atoms with E-state index in [2.05, 4.69) is 15.3 Å². The van der Waals surface area contributed by atoms with Gasteiger partial charge in [-0.2, -0.15) is 0 Å². The molecule has 1 aromatic carbocycles. The van der Waals surface area contributed by atoms with Crippen LogP contribution in [-0.2, 0) is 4.79 Å². The number of anilines is 2. The highest BCUT2D eigenvalue weighted by Gasteiger charge is 2.24. The first-order valence-electron chi connectivity index (χ1n) is 9.79. The van der Waals surface area contributed by atoms with E-state index in [1.165, 1.54) is 12.1 Å². The van der Waals surface area contributed by atoms with Gasteiger partial charge in [0.15, 0.2) is 0 Å². The van der Waals surface area contributed by atoms with Gasteiger partial charge in [0, 0.05) is 24.5 Å². The Morgan fingerprint density at radius 3 is 2.80 bits per heavy atom. The van der Waals surface area contributed by atoms with Crippen LogP contribution in [0.2, 0.25) is 0 Å². The van der Waals surface area contributed by atoms with Gasteiger partial charge in [-0.05, 0) is 50.1 Å². The van der Waals surface area contributed by atoms with E-state index in [0.717, 1.165) is 25.2 Å². The standard InChI is InChI=1S/C22H22FN5O2/c1-13-18(9-14-4-5-16(23)10-19(14)26-13)22(30)27-17-6-7-20(25-11-17)28-8-2-3-15(12-28)21(24)29/h4-7,9-11,15H,2-3,8,12H2,1H3,(H2,24,29)(H,27,30). The van der Waals surface area contributed by atoms with Crippen LogP contribution in [0.25, 0.3) is 10.9 Å². The minimum atomic E-state index is -0.367. The molecule has 1 aliphatic rings. The summed E-state index contributed by atoms with van der Waals surface area (Å²) in [4.78, 5) is 35.0. The molecule has 2 aromatic heterocycles. The van der Waals surface area contributed by atoms with E-state index in [9.17, 15) is 14.0 Å². The van der Waals surface area contributed by atoms with Crippen molar-refractivity contribution in [3.63, 3.8) is 0 Å². The third-order valence-corrected chi connectivity index (χ3v) is 5.37. The van der Waals surface area contributed by atoms with Gasteiger partial charge in [-0.1, -0.05) is 0 Å². The van der Waals surface area contributed by atoms with Crippen LogP contribution in [-0.4, -0.2) is 34.9 Å². The van der Waals surface area contributed by atoms with Crippen molar-refractivity contribution in [1.29, 1.82) is 0 Å². The van der Waals surface area contributed by atoms with Crippen LogP contribution >= 0.6 is 0 Å². The first-order valence-corrected chi connectivity index (χ1v) is 9.79. The summed E-state index contributed by atoms with van der Waals surface area (Å²) in [5.74, 6) is -0.395. The van der Waals surface area contributed by atoms with Gasteiger partial charge >= 0.3 is 0 Å². The predicted octanol–water partition coefficient (Wildman–Crippen LogP) is 3.03. The molecule has 154 valence electrons. The first kappa shape index (κ1) is 19.8. The molecule has 3 aromatic rings. The number of piperidine rings is 1. The SMILES string of the molecule is Cc1nc2cc(F)ccc2cc1C(=O)Nc1ccc(N2CCCC(C(N)=O)C2)nc1. The monoisotopic (exact) mass is 407 g/mol. The average Bonchev–Trinajstić information content (AvgIpc) is 2.73. The van der Waals surface area contributed by atoms with E-state index in [1.807, 2.05) is 11.0 Å². The minimum Gasteiger partial charge on any atom is -0.369 e. The fourth-order valence-electron chi connectivity index (χ4n) is 3.73. The number of amides is 2. The number of aryl methyl sites for hydroxylation is 1. The van der Waals surface area contributed by atoms with Crippen molar-refractivity contribution in [2.45, 2.75) is 19.8 Å². The van der Waals surface area contributed by atoms with Crippen LogP contribution in [0.5, 0.6) is 0 Å². The molecule has 1 unspecified atom stereocenters. The number of halogens is 1. The first-order chi connectivity index (χ1) is 14.4. The Bertz CT molecular complexity index is 1120. The highest BCUT2D eigenvalue weighted by atomic mass is 19.1. The Balaban J connectivity index is 1.49. The number of nitrogens with zero attached hydrogens (tertiary/aromatic N) is 3. The number of nitrogens with two attached hydrogens (primary N) is 1. The molecule has 4 rings (SSSR count). The number of hydrogen-bond acceptors (Lipinski definition) is 5. The van der Waals surface area contributed by atoms with Gasteiger partial charge in [-0.25, -0.2) is 9.37 Å². The molecule has 1 fully saturated rings. The van der Waals surface area contributed by atoms with Crippen molar-refractivity contribution in [2.24, 2.45) is 11.7 Å². The molecule has 0 bridgehead atoms. The maximum Gasteiger partial charge on any atom is 0.257 e.